The van der Waals surface area contributed by atoms with Gasteiger partial charge in [-0.2, -0.15) is 0 Å². The highest BCUT2D eigenvalue weighted by atomic mass is 16.5. The molecule has 1 saturated heterocycles. The third kappa shape index (κ3) is 5.59. The average Bonchev–Trinajstić information content (AvgIpc) is 3.39. The maximum absolute atomic E-state index is 13.7. The van der Waals surface area contributed by atoms with E-state index in [0.717, 1.165) is 5.56 Å². The molecule has 180 valence electrons. The molecule has 2 N–H and O–H groups in total. The Balaban J connectivity index is 1.84. The number of aromatic nitrogens is 3. The van der Waals surface area contributed by atoms with Crippen molar-refractivity contribution in [3.05, 3.63) is 47.8 Å². The van der Waals surface area contributed by atoms with Crippen LogP contribution in [-0.2, 0) is 26.5 Å². The van der Waals surface area contributed by atoms with Crippen molar-refractivity contribution in [1.82, 2.24) is 25.2 Å². The molecule has 3 atom stereocenters. The van der Waals surface area contributed by atoms with Crippen LogP contribution < -0.4 is 5.32 Å². The van der Waals surface area contributed by atoms with Crippen LogP contribution in [0.4, 0.5) is 0 Å². The zero-order valence-corrected chi connectivity index (χ0v) is 20.3. The summed E-state index contributed by atoms with van der Waals surface area (Å²) in [5, 5.41) is 21.3. The van der Waals surface area contributed by atoms with Crippen LogP contribution in [0.2, 0.25) is 0 Å². The summed E-state index contributed by atoms with van der Waals surface area (Å²) in [6.45, 7) is 10.2. The highest BCUT2D eigenvalue weighted by Crippen LogP contribution is 2.35. The number of likely N-dealkylation sites (tertiary alicyclic amines) is 1. The van der Waals surface area contributed by atoms with E-state index in [1.807, 2.05) is 65.0 Å². The number of carbonyl (C=O) groups excluding carboxylic acids is 2. The molecule has 9 heteroatoms. The number of nitrogens with zero attached hydrogens (tertiary/aromatic N) is 4. The molecule has 0 spiro atoms. The van der Waals surface area contributed by atoms with Crippen LogP contribution in [0, 0.1) is 5.41 Å². The first-order valence-corrected chi connectivity index (χ1v) is 11.2. The van der Waals surface area contributed by atoms with Crippen molar-refractivity contribution in [2.24, 2.45) is 5.41 Å². The summed E-state index contributed by atoms with van der Waals surface area (Å²) in [4.78, 5) is 27.5. The average molecular weight is 458 g/mol. The van der Waals surface area contributed by atoms with Crippen LogP contribution >= 0.6 is 0 Å². The first-order valence-electron chi connectivity index (χ1n) is 11.2. The van der Waals surface area contributed by atoms with Gasteiger partial charge in [-0.15, -0.1) is 5.10 Å². The second-order valence-corrected chi connectivity index (χ2v) is 10.1. The van der Waals surface area contributed by atoms with Crippen molar-refractivity contribution in [3.63, 3.8) is 0 Å². The van der Waals surface area contributed by atoms with Crippen LogP contribution in [-0.4, -0.2) is 62.6 Å². The van der Waals surface area contributed by atoms with Crippen molar-refractivity contribution < 1.29 is 19.4 Å². The minimum absolute atomic E-state index is 0.108. The molecule has 3 rings (SSSR count). The van der Waals surface area contributed by atoms with E-state index in [9.17, 15) is 14.7 Å². The number of hydrogen-bond donors (Lipinski definition) is 2. The number of carbonyl (C=O) groups is 2. The molecule has 2 aromatic rings. The number of nitrogens with one attached hydrogen (secondary N) is 1. The van der Waals surface area contributed by atoms with Gasteiger partial charge in [-0.25, -0.2) is 4.68 Å². The Hall–Kier alpha value is -2.78. The smallest absolute Gasteiger partial charge is 0.248 e. The summed E-state index contributed by atoms with van der Waals surface area (Å²) in [5.74, 6) is -0.561. The van der Waals surface area contributed by atoms with Gasteiger partial charge in [-0.3, -0.25) is 9.59 Å². The number of benzene rings is 1. The van der Waals surface area contributed by atoms with E-state index in [2.05, 4.69) is 15.6 Å². The summed E-state index contributed by atoms with van der Waals surface area (Å²) in [7, 11) is 1.53. The second kappa shape index (κ2) is 9.61. The fourth-order valence-electron chi connectivity index (χ4n) is 4.10. The van der Waals surface area contributed by atoms with Crippen molar-refractivity contribution in [2.45, 2.75) is 71.4 Å². The maximum atomic E-state index is 13.7. The van der Waals surface area contributed by atoms with Crippen LogP contribution in [0.3, 0.4) is 0 Å². The first-order chi connectivity index (χ1) is 15.4. The van der Waals surface area contributed by atoms with E-state index in [-0.39, 0.29) is 24.8 Å². The molecule has 0 unspecified atom stereocenters. The molecular weight excluding hydrogens is 422 g/mol. The largest absolute Gasteiger partial charge is 0.391 e. The van der Waals surface area contributed by atoms with Crippen LogP contribution in [0.15, 0.2) is 36.5 Å². The fraction of sp³-hybridized carbons (Fsp3) is 0.583. The van der Waals surface area contributed by atoms with Crippen molar-refractivity contribution >= 4 is 11.8 Å². The molecule has 1 aromatic heterocycles. The van der Waals surface area contributed by atoms with Gasteiger partial charge in [0, 0.05) is 20.0 Å². The Morgan fingerprint density at radius 1 is 1.21 bits per heavy atom. The van der Waals surface area contributed by atoms with Gasteiger partial charge in [0.2, 0.25) is 11.8 Å². The predicted molar refractivity (Wildman–Crippen MR) is 123 cm³/mol. The van der Waals surface area contributed by atoms with Crippen LogP contribution in [0.5, 0.6) is 0 Å². The maximum Gasteiger partial charge on any atom is 0.248 e. The summed E-state index contributed by atoms with van der Waals surface area (Å²) in [6.07, 6.45) is 1.21. The van der Waals surface area contributed by atoms with E-state index in [4.69, 9.17) is 4.74 Å². The molecule has 9 nitrogen and oxygen atoms in total. The highest BCUT2D eigenvalue weighted by Gasteiger charge is 2.45. The topological polar surface area (TPSA) is 110 Å². The second-order valence-electron chi connectivity index (χ2n) is 10.1. The van der Waals surface area contributed by atoms with Gasteiger partial charge in [0.05, 0.1) is 18.9 Å². The molecule has 0 radical (unpaired) electrons. The van der Waals surface area contributed by atoms with Gasteiger partial charge in [-0.1, -0.05) is 56.3 Å². The SMILES string of the molecule is CNC(=O)[C@@H]1C[C@@H](O)CN1C(=O)[C@@H](n1cc(C(C)(C)OCc2ccccc2)nn1)C(C)(C)C. The number of aliphatic hydroxyl groups is 1. The Bertz CT molecular complexity index is 967. The standard InChI is InChI=1S/C24H35N5O4/c1-23(2,3)20(22(32)28-13-17(30)12-18(28)21(31)25-6)29-14-19(26-27-29)24(4,5)33-15-16-10-8-7-9-11-16/h7-11,14,17-18,20,30H,12-13,15H2,1-6H3,(H,25,31)/t17-,18+,20-/m1/s1. The van der Waals surface area contributed by atoms with Gasteiger partial charge in [0.25, 0.3) is 0 Å². The Morgan fingerprint density at radius 3 is 2.48 bits per heavy atom. The third-order valence-electron chi connectivity index (χ3n) is 6.00. The van der Waals surface area contributed by atoms with E-state index < -0.39 is 29.2 Å². The van der Waals surface area contributed by atoms with E-state index in [0.29, 0.717) is 12.3 Å². The summed E-state index contributed by atoms with van der Waals surface area (Å²) in [5.41, 5.74) is 0.407. The predicted octanol–water partition coefficient (Wildman–Crippen LogP) is 2.02. The highest BCUT2D eigenvalue weighted by molar-refractivity contribution is 5.90. The van der Waals surface area contributed by atoms with Gasteiger partial charge < -0.3 is 20.1 Å². The number of rotatable bonds is 7. The lowest BCUT2D eigenvalue weighted by atomic mass is 9.85. The Labute approximate surface area is 195 Å². The zero-order chi connectivity index (χ0) is 24.4. The zero-order valence-electron chi connectivity index (χ0n) is 20.3. The van der Waals surface area contributed by atoms with Crippen LogP contribution in [0.1, 0.15) is 58.3 Å². The fourth-order valence-corrected chi connectivity index (χ4v) is 4.10. The summed E-state index contributed by atoms with van der Waals surface area (Å²) >= 11 is 0. The Morgan fingerprint density at radius 2 is 1.88 bits per heavy atom. The normalized spacial score (nSPS) is 20.0. The molecule has 33 heavy (non-hydrogen) atoms. The van der Waals surface area contributed by atoms with Crippen molar-refractivity contribution in [2.75, 3.05) is 13.6 Å². The molecule has 1 aliphatic rings. The molecule has 1 aliphatic heterocycles. The molecule has 2 amide bonds. The molecule has 2 heterocycles. The van der Waals surface area contributed by atoms with Crippen molar-refractivity contribution in [1.29, 1.82) is 0 Å². The molecule has 0 aliphatic carbocycles. The van der Waals surface area contributed by atoms with Gasteiger partial charge >= 0.3 is 0 Å². The summed E-state index contributed by atoms with van der Waals surface area (Å²) < 4.78 is 7.67. The molecule has 1 fully saturated rings. The number of likely N-dealkylation sites (N-methyl/N-ethyl adjacent to an activating group) is 1. The molecular formula is C24H35N5O4. The lowest BCUT2D eigenvalue weighted by molar-refractivity contribution is -0.144. The van der Waals surface area contributed by atoms with E-state index in [1.165, 1.54) is 11.9 Å². The Kier molecular flexibility index (Phi) is 7.23. The number of β-amino-alcohol motifs (C(OH)–C–C–N with tert-alkyl or cyclic N) is 1. The number of amides is 2. The molecule has 0 bridgehead atoms. The minimum Gasteiger partial charge on any atom is -0.391 e. The van der Waals surface area contributed by atoms with E-state index in [1.54, 1.807) is 10.9 Å². The molecule has 1 aromatic carbocycles. The van der Waals surface area contributed by atoms with Crippen LogP contribution in [0.25, 0.3) is 0 Å². The minimum atomic E-state index is -0.742. The number of ether oxygens (including phenoxy) is 1. The molecule has 0 saturated carbocycles. The van der Waals surface area contributed by atoms with E-state index >= 15 is 0 Å². The van der Waals surface area contributed by atoms with Gasteiger partial charge in [-0.05, 0) is 24.8 Å². The quantitative estimate of drug-likeness (QED) is 0.658. The third-order valence-corrected chi connectivity index (χ3v) is 6.00. The lowest BCUT2D eigenvalue weighted by Gasteiger charge is -2.34. The lowest BCUT2D eigenvalue weighted by Crippen LogP contribution is -2.49. The van der Waals surface area contributed by atoms with Gasteiger partial charge in [0.1, 0.15) is 23.4 Å². The summed E-state index contributed by atoms with van der Waals surface area (Å²) in [6, 6.07) is 8.45. The van der Waals surface area contributed by atoms with Crippen molar-refractivity contribution in [3.8, 4) is 0 Å². The number of aliphatic hydroxyl groups excluding tert-OH is 1. The first kappa shape index (κ1) is 24.9. The number of hydrogen-bond acceptors (Lipinski definition) is 6. The van der Waals surface area contributed by atoms with Gasteiger partial charge in [0.15, 0.2) is 0 Å². The monoisotopic (exact) mass is 457 g/mol.